The van der Waals surface area contributed by atoms with Gasteiger partial charge >= 0.3 is 0 Å². The van der Waals surface area contributed by atoms with Gasteiger partial charge in [-0.1, -0.05) is 54.5 Å². The van der Waals surface area contributed by atoms with Gasteiger partial charge in [0.2, 0.25) is 0 Å². The number of aromatic nitrogens is 4. The van der Waals surface area contributed by atoms with Crippen LogP contribution in [0.25, 0.3) is 15.9 Å². The Kier molecular flexibility index (Phi) is 7.25. The van der Waals surface area contributed by atoms with Gasteiger partial charge in [-0.05, 0) is 37.6 Å². The number of aryl methyl sites for hydroxylation is 1. The number of rotatable bonds is 3. The molecule has 4 aromatic rings. The van der Waals surface area contributed by atoms with E-state index < -0.39 is 0 Å². The Balaban J connectivity index is 0.00000126. The van der Waals surface area contributed by atoms with Crippen LogP contribution in [0.3, 0.4) is 0 Å². The molecule has 1 aliphatic rings. The molecule has 2 aromatic heterocycles. The standard InChI is InChI=1S/C22H21ClN6OS.C2H6/c1-15-6-7-18(29-24-8-9-25-29)16(14-15)21(30)27-10-3-11-28(13-12-27)22-26-20-17(23)4-2-5-19(20)31-22;1-2/h2,4-9,14H,3,10-13H2,1H3;1-2H3. The fraction of sp³-hybridized carbons (Fsp3) is 0.333. The summed E-state index contributed by atoms with van der Waals surface area (Å²) in [5, 5.41) is 10.0. The van der Waals surface area contributed by atoms with E-state index in [-0.39, 0.29) is 5.91 Å². The summed E-state index contributed by atoms with van der Waals surface area (Å²) >= 11 is 7.95. The maximum Gasteiger partial charge on any atom is 0.256 e. The van der Waals surface area contributed by atoms with Crippen LogP contribution in [0.5, 0.6) is 0 Å². The third-order valence-electron chi connectivity index (χ3n) is 5.43. The summed E-state index contributed by atoms with van der Waals surface area (Å²) in [6.07, 6.45) is 4.10. The third kappa shape index (κ3) is 4.86. The average molecular weight is 483 g/mol. The van der Waals surface area contributed by atoms with Gasteiger partial charge in [-0.15, -0.1) is 0 Å². The van der Waals surface area contributed by atoms with Crippen molar-refractivity contribution in [3.8, 4) is 5.69 Å². The second-order valence-corrected chi connectivity index (χ2v) is 8.97. The average Bonchev–Trinajstić information content (AvgIpc) is 3.46. The zero-order valence-electron chi connectivity index (χ0n) is 19.0. The summed E-state index contributed by atoms with van der Waals surface area (Å²) in [5.41, 5.74) is 3.19. The zero-order valence-corrected chi connectivity index (χ0v) is 20.6. The van der Waals surface area contributed by atoms with Crippen molar-refractivity contribution >= 4 is 44.2 Å². The Hall–Kier alpha value is -2.97. The largest absolute Gasteiger partial charge is 0.346 e. The van der Waals surface area contributed by atoms with E-state index in [1.165, 1.54) is 4.80 Å². The summed E-state index contributed by atoms with van der Waals surface area (Å²) in [7, 11) is 0. The summed E-state index contributed by atoms with van der Waals surface area (Å²) in [6, 6.07) is 11.6. The lowest BCUT2D eigenvalue weighted by molar-refractivity contribution is 0.0766. The van der Waals surface area contributed by atoms with Gasteiger partial charge in [-0.2, -0.15) is 15.0 Å². The molecule has 0 spiro atoms. The number of carbonyl (C=O) groups excluding carboxylic acids is 1. The highest BCUT2D eigenvalue weighted by molar-refractivity contribution is 7.22. The molecule has 0 aliphatic carbocycles. The molecule has 172 valence electrons. The molecule has 0 unspecified atom stereocenters. The first kappa shape index (κ1) is 23.2. The Morgan fingerprint density at radius 3 is 2.58 bits per heavy atom. The molecule has 0 saturated carbocycles. The third-order valence-corrected chi connectivity index (χ3v) is 6.82. The smallest absolute Gasteiger partial charge is 0.256 e. The minimum absolute atomic E-state index is 0.00481. The first-order valence-corrected chi connectivity index (χ1v) is 12.4. The highest BCUT2D eigenvalue weighted by Gasteiger charge is 2.25. The van der Waals surface area contributed by atoms with Gasteiger partial charge in [0.05, 0.1) is 33.4 Å². The molecule has 9 heteroatoms. The number of nitrogens with zero attached hydrogens (tertiary/aromatic N) is 6. The van der Waals surface area contributed by atoms with Crippen molar-refractivity contribution in [1.82, 2.24) is 24.9 Å². The lowest BCUT2D eigenvalue weighted by Crippen LogP contribution is -2.35. The van der Waals surface area contributed by atoms with Crippen LogP contribution in [0.15, 0.2) is 48.8 Å². The number of para-hydroxylation sites is 1. The van der Waals surface area contributed by atoms with E-state index in [9.17, 15) is 4.79 Å². The van der Waals surface area contributed by atoms with Crippen molar-refractivity contribution in [2.45, 2.75) is 27.2 Å². The number of fused-ring (bicyclic) bond motifs is 1. The molecule has 0 atom stereocenters. The fourth-order valence-electron chi connectivity index (χ4n) is 3.86. The Morgan fingerprint density at radius 2 is 1.82 bits per heavy atom. The second kappa shape index (κ2) is 10.3. The number of benzene rings is 2. The number of hydrogen-bond acceptors (Lipinski definition) is 6. The highest BCUT2D eigenvalue weighted by Crippen LogP contribution is 2.33. The molecule has 0 bridgehead atoms. The number of hydrogen-bond donors (Lipinski definition) is 0. The molecule has 1 fully saturated rings. The predicted octanol–water partition coefficient (Wildman–Crippen LogP) is 5.22. The van der Waals surface area contributed by atoms with E-state index in [1.807, 2.05) is 62.1 Å². The van der Waals surface area contributed by atoms with Gasteiger partial charge in [-0.25, -0.2) is 4.98 Å². The Labute approximate surface area is 202 Å². The molecular formula is C24H27ClN6OS. The van der Waals surface area contributed by atoms with E-state index in [4.69, 9.17) is 16.6 Å². The first-order chi connectivity index (χ1) is 16.1. The number of halogens is 1. The van der Waals surface area contributed by atoms with Gasteiger partial charge in [0, 0.05) is 26.2 Å². The topological polar surface area (TPSA) is 67.2 Å². The second-order valence-electron chi connectivity index (χ2n) is 7.55. The van der Waals surface area contributed by atoms with Crippen molar-refractivity contribution < 1.29 is 4.79 Å². The Bertz CT molecular complexity index is 1240. The van der Waals surface area contributed by atoms with Crippen molar-refractivity contribution in [2.75, 3.05) is 31.1 Å². The molecule has 1 aliphatic heterocycles. The van der Waals surface area contributed by atoms with Crippen molar-refractivity contribution in [3.63, 3.8) is 0 Å². The van der Waals surface area contributed by atoms with E-state index in [0.29, 0.717) is 29.4 Å². The number of carbonyl (C=O) groups is 1. The highest BCUT2D eigenvalue weighted by atomic mass is 35.5. The van der Waals surface area contributed by atoms with Gasteiger partial charge in [0.15, 0.2) is 5.13 Å². The van der Waals surface area contributed by atoms with Crippen LogP contribution in [0.2, 0.25) is 5.02 Å². The quantitative estimate of drug-likeness (QED) is 0.400. The normalized spacial score (nSPS) is 14.1. The molecule has 3 heterocycles. The monoisotopic (exact) mass is 482 g/mol. The van der Waals surface area contributed by atoms with Crippen LogP contribution >= 0.6 is 22.9 Å². The molecule has 7 nitrogen and oxygen atoms in total. The first-order valence-electron chi connectivity index (χ1n) is 11.2. The summed E-state index contributed by atoms with van der Waals surface area (Å²) in [5.74, 6) is 0.00481. The SMILES string of the molecule is CC.Cc1ccc(-n2nccn2)c(C(=O)N2CCCN(c3nc4c(Cl)cccc4s3)CC2)c1. The summed E-state index contributed by atoms with van der Waals surface area (Å²) in [6.45, 7) is 8.88. The fourth-order valence-corrected chi connectivity index (χ4v) is 5.17. The lowest BCUT2D eigenvalue weighted by atomic mass is 10.1. The summed E-state index contributed by atoms with van der Waals surface area (Å²) < 4.78 is 1.08. The van der Waals surface area contributed by atoms with Crippen LogP contribution in [0.4, 0.5) is 5.13 Å². The molecule has 5 rings (SSSR count). The molecule has 1 saturated heterocycles. The predicted molar refractivity (Wildman–Crippen MR) is 135 cm³/mol. The molecule has 33 heavy (non-hydrogen) atoms. The molecule has 0 radical (unpaired) electrons. The number of anilines is 1. The van der Waals surface area contributed by atoms with Crippen LogP contribution in [-0.2, 0) is 0 Å². The van der Waals surface area contributed by atoms with Crippen molar-refractivity contribution in [2.24, 2.45) is 0 Å². The summed E-state index contributed by atoms with van der Waals surface area (Å²) in [4.78, 5) is 23.9. The van der Waals surface area contributed by atoms with Gasteiger partial charge in [0.25, 0.3) is 5.91 Å². The van der Waals surface area contributed by atoms with Gasteiger partial charge < -0.3 is 9.80 Å². The van der Waals surface area contributed by atoms with E-state index in [0.717, 1.165) is 40.4 Å². The Morgan fingerprint density at radius 1 is 1.03 bits per heavy atom. The number of thiazole rings is 1. The van der Waals surface area contributed by atoms with E-state index >= 15 is 0 Å². The van der Waals surface area contributed by atoms with Crippen LogP contribution in [-0.4, -0.2) is 57.0 Å². The van der Waals surface area contributed by atoms with Gasteiger partial charge in [0.1, 0.15) is 5.52 Å². The molecule has 0 N–H and O–H groups in total. The minimum Gasteiger partial charge on any atom is -0.346 e. The van der Waals surface area contributed by atoms with Crippen LogP contribution < -0.4 is 4.90 Å². The number of amides is 1. The molecule has 1 amide bonds. The van der Waals surface area contributed by atoms with Crippen LogP contribution in [0, 0.1) is 6.92 Å². The molecular weight excluding hydrogens is 456 g/mol. The van der Waals surface area contributed by atoms with E-state index in [2.05, 4.69) is 15.1 Å². The maximum atomic E-state index is 13.5. The lowest BCUT2D eigenvalue weighted by Gasteiger charge is -2.23. The van der Waals surface area contributed by atoms with Crippen molar-refractivity contribution in [1.29, 1.82) is 0 Å². The van der Waals surface area contributed by atoms with E-state index in [1.54, 1.807) is 23.7 Å². The van der Waals surface area contributed by atoms with Crippen LogP contribution in [0.1, 0.15) is 36.2 Å². The van der Waals surface area contributed by atoms with Crippen molar-refractivity contribution in [3.05, 3.63) is 64.9 Å². The van der Waals surface area contributed by atoms with Gasteiger partial charge in [-0.3, -0.25) is 4.79 Å². The maximum absolute atomic E-state index is 13.5. The minimum atomic E-state index is 0.00481. The zero-order chi connectivity index (χ0) is 23.4. The molecule has 2 aromatic carbocycles.